The second kappa shape index (κ2) is 5.77. The summed E-state index contributed by atoms with van der Waals surface area (Å²) in [7, 11) is -3.92. The number of rotatable bonds is 3. The number of halogens is 3. The van der Waals surface area contributed by atoms with Gasteiger partial charge in [-0.05, 0) is 31.9 Å². The molecule has 0 aliphatic carbocycles. The predicted octanol–water partition coefficient (Wildman–Crippen LogP) is 2.98. The first-order valence-corrected chi connectivity index (χ1v) is 8.24. The quantitative estimate of drug-likeness (QED) is 0.860. The lowest BCUT2D eigenvalue weighted by molar-refractivity contribution is 0.0537. The Kier molecular flexibility index (Phi) is 4.61. The van der Waals surface area contributed by atoms with Crippen LogP contribution in [0.4, 0.5) is 4.39 Å². The second-order valence-electron chi connectivity index (χ2n) is 4.95. The molecule has 0 radical (unpaired) electrons. The van der Waals surface area contributed by atoms with Crippen LogP contribution < -0.4 is 4.72 Å². The molecule has 0 saturated carbocycles. The summed E-state index contributed by atoms with van der Waals surface area (Å²) in [5.74, 6) is -0.937. The molecule has 1 fully saturated rings. The second-order valence-corrected chi connectivity index (χ2v) is 7.39. The van der Waals surface area contributed by atoms with E-state index in [1.54, 1.807) is 6.92 Å². The lowest BCUT2D eigenvalue weighted by atomic mass is 9.94. The molecular formula is C12H14Cl2FNO3S. The van der Waals surface area contributed by atoms with Crippen LogP contribution in [-0.2, 0) is 14.8 Å². The molecule has 1 heterocycles. The maximum absolute atomic E-state index is 13.6. The van der Waals surface area contributed by atoms with Crippen LogP contribution >= 0.6 is 23.2 Å². The molecule has 1 aromatic rings. The molecule has 1 N–H and O–H groups in total. The Bertz CT molecular complexity index is 615. The van der Waals surface area contributed by atoms with Crippen molar-refractivity contribution in [2.75, 3.05) is 13.2 Å². The molecule has 0 amide bonds. The largest absolute Gasteiger partial charge is 0.381 e. The third-order valence-electron chi connectivity index (χ3n) is 3.27. The highest BCUT2D eigenvalue weighted by Gasteiger charge is 2.34. The molecule has 0 bridgehead atoms. The molecule has 0 unspecified atom stereocenters. The zero-order valence-electron chi connectivity index (χ0n) is 10.8. The van der Waals surface area contributed by atoms with Crippen LogP contribution in [0, 0.1) is 5.82 Å². The summed E-state index contributed by atoms with van der Waals surface area (Å²) in [5, 5.41) is -0.716. The molecule has 0 aromatic heterocycles. The number of hydrogen-bond acceptors (Lipinski definition) is 3. The normalized spacial score (nSPS) is 19.0. The highest BCUT2D eigenvalue weighted by atomic mass is 35.5. The van der Waals surface area contributed by atoms with E-state index in [1.807, 2.05) is 0 Å². The molecule has 4 nitrogen and oxygen atoms in total. The van der Waals surface area contributed by atoms with Crippen LogP contribution in [0.1, 0.15) is 19.8 Å². The molecule has 1 aromatic carbocycles. The van der Waals surface area contributed by atoms with E-state index in [-0.39, 0.29) is 9.92 Å². The van der Waals surface area contributed by atoms with Crippen molar-refractivity contribution in [1.82, 2.24) is 4.72 Å². The van der Waals surface area contributed by atoms with Crippen LogP contribution in [0.15, 0.2) is 17.0 Å². The predicted molar refractivity (Wildman–Crippen MR) is 75.2 cm³/mol. The van der Waals surface area contributed by atoms with Gasteiger partial charge in [-0.1, -0.05) is 23.2 Å². The molecule has 112 valence electrons. The molecular weight excluding hydrogens is 328 g/mol. The Morgan fingerprint density at radius 3 is 2.50 bits per heavy atom. The molecule has 1 aliphatic rings. The van der Waals surface area contributed by atoms with E-state index in [4.69, 9.17) is 27.9 Å². The highest BCUT2D eigenvalue weighted by molar-refractivity contribution is 7.89. The van der Waals surface area contributed by atoms with Crippen LogP contribution in [0.25, 0.3) is 0 Å². The van der Waals surface area contributed by atoms with E-state index >= 15 is 0 Å². The summed E-state index contributed by atoms with van der Waals surface area (Å²) in [6, 6.07) is 2.36. The Balaban J connectivity index is 2.33. The first-order chi connectivity index (χ1) is 9.25. The molecule has 20 heavy (non-hydrogen) atoms. The van der Waals surface area contributed by atoms with E-state index in [0.29, 0.717) is 26.1 Å². The average molecular weight is 342 g/mol. The number of hydrogen-bond donors (Lipinski definition) is 1. The first kappa shape index (κ1) is 16.0. The monoisotopic (exact) mass is 341 g/mol. The van der Waals surface area contributed by atoms with Crippen molar-refractivity contribution in [3.05, 3.63) is 28.0 Å². The van der Waals surface area contributed by atoms with Crippen LogP contribution in [0.2, 0.25) is 10.0 Å². The topological polar surface area (TPSA) is 55.4 Å². The molecule has 0 atom stereocenters. The van der Waals surface area contributed by atoms with Crippen LogP contribution in [0.5, 0.6) is 0 Å². The molecule has 8 heteroatoms. The number of nitrogens with one attached hydrogen (secondary N) is 1. The van der Waals surface area contributed by atoms with E-state index in [9.17, 15) is 12.8 Å². The van der Waals surface area contributed by atoms with Crippen molar-refractivity contribution >= 4 is 33.2 Å². The van der Waals surface area contributed by atoms with Gasteiger partial charge in [0.25, 0.3) is 0 Å². The lowest BCUT2D eigenvalue weighted by Crippen LogP contribution is -2.49. The zero-order valence-corrected chi connectivity index (χ0v) is 13.1. The van der Waals surface area contributed by atoms with Crippen molar-refractivity contribution < 1.29 is 17.5 Å². The van der Waals surface area contributed by atoms with E-state index in [2.05, 4.69) is 4.72 Å². The van der Waals surface area contributed by atoms with Gasteiger partial charge in [0, 0.05) is 18.8 Å². The molecule has 1 saturated heterocycles. The van der Waals surface area contributed by atoms with Gasteiger partial charge in [0.15, 0.2) is 5.82 Å². The van der Waals surface area contributed by atoms with Gasteiger partial charge in [-0.25, -0.2) is 17.5 Å². The Hall–Kier alpha value is -0.400. The third kappa shape index (κ3) is 3.26. The highest BCUT2D eigenvalue weighted by Crippen LogP contribution is 2.31. The minimum atomic E-state index is -3.92. The molecule has 2 rings (SSSR count). The summed E-state index contributed by atoms with van der Waals surface area (Å²) < 4.78 is 46.1. The van der Waals surface area contributed by atoms with E-state index in [1.165, 1.54) is 12.1 Å². The summed E-state index contributed by atoms with van der Waals surface area (Å²) in [5.41, 5.74) is -0.628. The van der Waals surface area contributed by atoms with Crippen LogP contribution in [0.3, 0.4) is 0 Å². The van der Waals surface area contributed by atoms with Crippen molar-refractivity contribution in [2.24, 2.45) is 0 Å². The minimum absolute atomic E-state index is 0.216. The summed E-state index contributed by atoms with van der Waals surface area (Å²) in [6.45, 7) is 2.73. The summed E-state index contributed by atoms with van der Waals surface area (Å²) >= 11 is 11.3. The average Bonchev–Trinajstić information content (AvgIpc) is 2.35. The lowest BCUT2D eigenvalue weighted by Gasteiger charge is -2.34. The molecule has 1 aliphatic heterocycles. The van der Waals surface area contributed by atoms with Gasteiger partial charge >= 0.3 is 0 Å². The standard InChI is InChI=1S/C12H14Cl2FNO3S/c1-12(4-6-19-7-5-12)16-20(17,18)9-3-2-8(13)11(15)10(9)14/h2-3,16H,4-7H2,1H3. The van der Waals surface area contributed by atoms with Gasteiger partial charge < -0.3 is 4.74 Å². The maximum Gasteiger partial charge on any atom is 0.242 e. The smallest absolute Gasteiger partial charge is 0.242 e. The van der Waals surface area contributed by atoms with Gasteiger partial charge in [0.05, 0.1) is 10.0 Å². The fourth-order valence-corrected chi connectivity index (χ4v) is 4.23. The Labute approximate surface area is 127 Å². The summed E-state index contributed by atoms with van der Waals surface area (Å²) in [6.07, 6.45) is 1.08. The third-order valence-corrected chi connectivity index (χ3v) is 5.72. The maximum atomic E-state index is 13.6. The van der Waals surface area contributed by atoms with Gasteiger partial charge in [-0.15, -0.1) is 0 Å². The van der Waals surface area contributed by atoms with Crippen molar-refractivity contribution in [3.8, 4) is 0 Å². The van der Waals surface area contributed by atoms with Gasteiger partial charge in [-0.3, -0.25) is 0 Å². The van der Waals surface area contributed by atoms with Crippen molar-refractivity contribution in [3.63, 3.8) is 0 Å². The van der Waals surface area contributed by atoms with E-state index in [0.717, 1.165) is 0 Å². The number of sulfonamides is 1. The fourth-order valence-electron chi connectivity index (χ4n) is 2.02. The van der Waals surface area contributed by atoms with E-state index < -0.39 is 26.4 Å². The van der Waals surface area contributed by atoms with Gasteiger partial charge in [0.1, 0.15) is 4.90 Å². The van der Waals surface area contributed by atoms with Crippen molar-refractivity contribution in [2.45, 2.75) is 30.2 Å². The van der Waals surface area contributed by atoms with Gasteiger partial charge in [-0.2, -0.15) is 0 Å². The van der Waals surface area contributed by atoms with Crippen LogP contribution in [-0.4, -0.2) is 27.2 Å². The summed E-state index contributed by atoms with van der Waals surface area (Å²) in [4.78, 5) is -0.311. The Morgan fingerprint density at radius 1 is 1.30 bits per heavy atom. The van der Waals surface area contributed by atoms with Crippen molar-refractivity contribution in [1.29, 1.82) is 0 Å². The minimum Gasteiger partial charge on any atom is -0.381 e. The zero-order chi connectivity index (χ0) is 15.0. The van der Waals surface area contributed by atoms with Gasteiger partial charge in [0.2, 0.25) is 10.0 Å². The number of ether oxygens (including phenoxy) is 1. The SMILES string of the molecule is CC1(NS(=O)(=O)c2ccc(Cl)c(F)c2Cl)CCOCC1. The fraction of sp³-hybridized carbons (Fsp3) is 0.500. The Morgan fingerprint density at radius 2 is 1.90 bits per heavy atom. The first-order valence-electron chi connectivity index (χ1n) is 6.00. The number of benzene rings is 1. The molecule has 0 spiro atoms.